The van der Waals surface area contributed by atoms with Crippen molar-refractivity contribution in [2.24, 2.45) is 16.0 Å². The van der Waals surface area contributed by atoms with Crippen molar-refractivity contribution >= 4 is 31.7 Å². The Morgan fingerprint density at radius 1 is 0.960 bits per heavy atom. The van der Waals surface area contributed by atoms with E-state index >= 15 is 0 Å². The molecule has 25 heavy (non-hydrogen) atoms. The molecule has 8 heteroatoms. The van der Waals surface area contributed by atoms with E-state index in [4.69, 9.17) is 5.14 Å². The molecule has 0 spiro atoms. The van der Waals surface area contributed by atoms with Crippen molar-refractivity contribution in [2.75, 3.05) is 11.5 Å². The molecule has 6 nitrogen and oxygen atoms in total. The number of rotatable bonds is 12. The molecule has 0 aliphatic heterocycles. The summed E-state index contributed by atoms with van der Waals surface area (Å²) in [6.07, 6.45) is 3.29. The average molecular weight is 396 g/mol. The first-order valence-corrected chi connectivity index (χ1v) is 11.7. The van der Waals surface area contributed by atoms with E-state index in [2.05, 4.69) is 0 Å². The van der Waals surface area contributed by atoms with E-state index in [1.54, 1.807) is 0 Å². The molecule has 0 aromatic heterocycles. The van der Waals surface area contributed by atoms with Crippen molar-refractivity contribution in [3.63, 3.8) is 0 Å². The van der Waals surface area contributed by atoms with Crippen molar-refractivity contribution < 1.29 is 22.2 Å². The van der Waals surface area contributed by atoms with E-state index in [1.807, 2.05) is 20.8 Å². The van der Waals surface area contributed by atoms with Crippen LogP contribution in [0.2, 0.25) is 0 Å². The summed E-state index contributed by atoms with van der Waals surface area (Å²) in [4.78, 5) is 24.2. The molecule has 2 N–H and O–H groups in total. The molecule has 0 heterocycles. The predicted molar refractivity (Wildman–Crippen MR) is 102 cm³/mol. The van der Waals surface area contributed by atoms with Crippen LogP contribution in [0.4, 0.5) is 0 Å². The van der Waals surface area contributed by atoms with Gasteiger partial charge in [0.1, 0.15) is 5.78 Å². The largest absolute Gasteiger partial charge is 0.299 e. The molecule has 0 aliphatic carbocycles. The highest BCUT2D eigenvalue weighted by molar-refractivity contribution is 8.04. The third kappa shape index (κ3) is 9.06. The van der Waals surface area contributed by atoms with Crippen LogP contribution in [-0.2, 0) is 30.4 Å². The third-order valence-electron chi connectivity index (χ3n) is 4.38. The van der Waals surface area contributed by atoms with Crippen LogP contribution in [0.3, 0.4) is 0 Å². The maximum absolute atomic E-state index is 12.4. The van der Waals surface area contributed by atoms with E-state index < -0.39 is 36.8 Å². The van der Waals surface area contributed by atoms with Gasteiger partial charge in [-0.15, -0.1) is 0 Å². The highest BCUT2D eigenvalue weighted by Crippen LogP contribution is 2.30. The van der Waals surface area contributed by atoms with Gasteiger partial charge in [0.15, 0.2) is 0 Å². The molecule has 0 aromatic carbocycles. The summed E-state index contributed by atoms with van der Waals surface area (Å²) in [5, 5.41) is 3.90. The van der Waals surface area contributed by atoms with E-state index in [1.165, 1.54) is 13.8 Å². The van der Waals surface area contributed by atoms with Gasteiger partial charge in [-0.25, -0.2) is 13.6 Å². The number of hydrogen-bond donors (Lipinski definition) is 1. The number of sulfonamides is 1. The number of nitrogens with two attached hydrogens (primary N) is 1. The molecule has 0 fully saturated rings. The van der Waals surface area contributed by atoms with Gasteiger partial charge in [0.25, 0.3) is 15.1 Å². The average Bonchev–Trinajstić information content (AvgIpc) is 2.45. The van der Waals surface area contributed by atoms with E-state index in [0.717, 1.165) is 12.8 Å². The molecule has 0 amide bonds. The summed E-state index contributed by atoms with van der Waals surface area (Å²) >= 11 is 0. The fourth-order valence-corrected chi connectivity index (χ4v) is 4.66. The Hall–Kier alpha value is -0.600. The summed E-state index contributed by atoms with van der Waals surface area (Å²) in [5.41, 5.74) is -1.61. The first-order valence-electron chi connectivity index (χ1n) is 8.69. The zero-order valence-corrected chi connectivity index (χ0v) is 17.7. The second-order valence-corrected chi connectivity index (χ2v) is 11.0. The quantitative estimate of drug-likeness (QED) is 0.546. The Morgan fingerprint density at radius 2 is 1.48 bits per heavy atom. The molecule has 148 valence electrons. The fraction of sp³-hybridized carbons (Fsp3) is 0.882. The van der Waals surface area contributed by atoms with Crippen molar-refractivity contribution in [2.45, 2.75) is 73.1 Å². The molecule has 0 aromatic rings. The molecule has 0 saturated carbocycles. The zero-order chi connectivity index (χ0) is 19.9. The molecule has 0 radical (unpaired) electrons. The van der Waals surface area contributed by atoms with Gasteiger partial charge in [0.05, 0.1) is 0 Å². The number of carbonyl (C=O) groups excluding carboxylic acids is 2. The highest BCUT2D eigenvalue weighted by atomic mass is 32.2. The topological polar surface area (TPSA) is 111 Å². The van der Waals surface area contributed by atoms with E-state index in [9.17, 15) is 22.2 Å². The lowest BCUT2D eigenvalue weighted by Gasteiger charge is -2.25. The van der Waals surface area contributed by atoms with Gasteiger partial charge < -0.3 is 0 Å². The summed E-state index contributed by atoms with van der Waals surface area (Å²) in [6, 6.07) is 0. The van der Waals surface area contributed by atoms with Crippen LogP contribution in [0.25, 0.3) is 0 Å². The van der Waals surface area contributed by atoms with Gasteiger partial charge in [-0.05, 0) is 32.1 Å². The molecule has 0 rings (SSSR count). The second kappa shape index (κ2) is 9.92. The van der Waals surface area contributed by atoms with Crippen molar-refractivity contribution in [1.82, 2.24) is 0 Å². The molecular weight excluding hydrogens is 362 g/mol. The first-order chi connectivity index (χ1) is 11.2. The van der Waals surface area contributed by atoms with Crippen molar-refractivity contribution in [3.05, 3.63) is 0 Å². The molecule has 0 bridgehead atoms. The van der Waals surface area contributed by atoms with Crippen LogP contribution in [-0.4, -0.2) is 35.0 Å². The standard InChI is InChI=1S/C17H33NO5S2/c1-6-12-24(21)13-8-11-16(2,3)14(19)9-7-10-17(4,5)15(20)25(18,22)23/h6-13H2,1-5H3,(H2,18,22,23). The molecule has 1 atom stereocenters. The monoisotopic (exact) mass is 395 g/mol. The van der Waals surface area contributed by atoms with Crippen LogP contribution in [0, 0.1) is 10.8 Å². The minimum Gasteiger partial charge on any atom is -0.299 e. The fourth-order valence-electron chi connectivity index (χ4n) is 2.66. The summed E-state index contributed by atoms with van der Waals surface area (Å²) in [7, 11) is -5.03. The van der Waals surface area contributed by atoms with E-state index in [0.29, 0.717) is 24.3 Å². The Bertz CT molecular complexity index is 594. The van der Waals surface area contributed by atoms with Gasteiger partial charge >= 0.3 is 0 Å². The lowest BCUT2D eigenvalue weighted by Crippen LogP contribution is -2.36. The van der Waals surface area contributed by atoms with Crippen molar-refractivity contribution in [1.29, 1.82) is 0 Å². The van der Waals surface area contributed by atoms with Gasteiger partial charge in [-0.1, -0.05) is 34.6 Å². The summed E-state index contributed by atoms with van der Waals surface area (Å²) in [6.45, 7) is 8.79. The van der Waals surface area contributed by atoms with Gasteiger partial charge in [-0.3, -0.25) is 13.8 Å². The normalized spacial score (nSPS) is 14.3. The maximum Gasteiger partial charge on any atom is 0.272 e. The Balaban J connectivity index is 4.44. The SMILES string of the molecule is CCCS(=O)CCCC(C)(C)C(=O)CCCC(C)(C)C(=O)S(N)(=O)=O. The van der Waals surface area contributed by atoms with Gasteiger partial charge in [-0.2, -0.15) is 0 Å². The van der Waals surface area contributed by atoms with Crippen LogP contribution in [0.1, 0.15) is 73.1 Å². The van der Waals surface area contributed by atoms with Crippen LogP contribution < -0.4 is 5.14 Å². The van der Waals surface area contributed by atoms with Crippen LogP contribution in [0.5, 0.6) is 0 Å². The Kier molecular flexibility index (Phi) is 9.68. The van der Waals surface area contributed by atoms with Crippen LogP contribution >= 0.6 is 0 Å². The van der Waals surface area contributed by atoms with E-state index in [-0.39, 0.29) is 18.6 Å². The number of hydrogen-bond acceptors (Lipinski definition) is 5. The highest BCUT2D eigenvalue weighted by Gasteiger charge is 2.35. The molecule has 0 saturated heterocycles. The van der Waals surface area contributed by atoms with Gasteiger partial charge in [0.2, 0.25) is 0 Å². The molecular formula is C17H33NO5S2. The summed E-state index contributed by atoms with van der Waals surface area (Å²) < 4.78 is 34.0. The number of carbonyl (C=O) groups is 2. The predicted octanol–water partition coefficient (Wildman–Crippen LogP) is 2.53. The molecule has 1 unspecified atom stereocenters. The second-order valence-electron chi connectivity index (χ2n) is 7.83. The Labute approximate surface area is 154 Å². The van der Waals surface area contributed by atoms with Crippen molar-refractivity contribution in [3.8, 4) is 0 Å². The number of primary sulfonamides is 1. The lowest BCUT2D eigenvalue weighted by molar-refractivity contribution is -0.128. The Morgan fingerprint density at radius 3 is 1.96 bits per heavy atom. The third-order valence-corrected chi connectivity index (χ3v) is 7.05. The van der Waals surface area contributed by atoms with Crippen LogP contribution in [0.15, 0.2) is 0 Å². The minimum absolute atomic E-state index is 0.0765. The number of Topliss-reactive ketones (excluding diaryl/α,β-unsaturated/α-hetero) is 1. The summed E-state index contributed by atoms with van der Waals surface area (Å²) in [5.74, 6) is 1.38. The first kappa shape index (κ1) is 24.4. The minimum atomic E-state index is -4.22. The lowest BCUT2D eigenvalue weighted by atomic mass is 9.80. The molecule has 0 aliphatic rings. The maximum atomic E-state index is 12.4. The number of ketones is 1. The smallest absolute Gasteiger partial charge is 0.272 e. The zero-order valence-electron chi connectivity index (χ0n) is 16.1. The van der Waals surface area contributed by atoms with Gasteiger partial charge in [0, 0.05) is 39.6 Å².